The Morgan fingerprint density at radius 2 is 2.22 bits per heavy atom. The van der Waals surface area contributed by atoms with E-state index in [0.717, 1.165) is 0 Å². The Bertz CT molecular complexity index is 476. The first-order valence-electron chi connectivity index (χ1n) is 5.56. The standard InChI is InChI=1S/C12H13F3N2O/c1-7-2-3-8(4-9(7)13)17-11(18)10-5-12(14,15)6-16-10/h2-4,10,16H,5-6H2,1H3,(H,17,18). The molecular weight excluding hydrogens is 245 g/mol. The Kier molecular flexibility index (Phi) is 3.30. The lowest BCUT2D eigenvalue weighted by Gasteiger charge is -2.11. The van der Waals surface area contributed by atoms with Crippen molar-refractivity contribution in [3.8, 4) is 0 Å². The third kappa shape index (κ3) is 2.81. The van der Waals surface area contributed by atoms with Crippen LogP contribution < -0.4 is 10.6 Å². The van der Waals surface area contributed by atoms with Crippen LogP contribution >= 0.6 is 0 Å². The largest absolute Gasteiger partial charge is 0.325 e. The van der Waals surface area contributed by atoms with Crippen LogP contribution in [0.1, 0.15) is 12.0 Å². The summed E-state index contributed by atoms with van der Waals surface area (Å²) in [6.07, 6.45) is -0.535. The Labute approximate surface area is 102 Å². The highest BCUT2D eigenvalue weighted by Gasteiger charge is 2.42. The van der Waals surface area contributed by atoms with Gasteiger partial charge in [-0.1, -0.05) is 6.07 Å². The van der Waals surface area contributed by atoms with Crippen molar-refractivity contribution < 1.29 is 18.0 Å². The molecular formula is C12H13F3N2O. The van der Waals surface area contributed by atoms with E-state index in [4.69, 9.17) is 0 Å². The molecule has 1 amide bonds. The van der Waals surface area contributed by atoms with Crippen LogP contribution in [0.25, 0.3) is 0 Å². The van der Waals surface area contributed by atoms with Gasteiger partial charge < -0.3 is 5.32 Å². The number of hydrogen-bond acceptors (Lipinski definition) is 2. The average Bonchev–Trinajstić information content (AvgIpc) is 2.64. The van der Waals surface area contributed by atoms with Crippen LogP contribution in [0.5, 0.6) is 0 Å². The maximum atomic E-state index is 13.2. The zero-order valence-corrected chi connectivity index (χ0v) is 9.77. The molecule has 98 valence electrons. The zero-order chi connectivity index (χ0) is 13.3. The summed E-state index contributed by atoms with van der Waals surface area (Å²) in [6, 6.07) is 3.27. The van der Waals surface area contributed by atoms with Crippen molar-refractivity contribution in [3.05, 3.63) is 29.6 Å². The summed E-state index contributed by atoms with van der Waals surface area (Å²) in [5.41, 5.74) is 0.721. The van der Waals surface area contributed by atoms with Gasteiger partial charge in [-0.05, 0) is 24.6 Å². The second-order valence-corrected chi connectivity index (χ2v) is 4.45. The van der Waals surface area contributed by atoms with Gasteiger partial charge in [-0.2, -0.15) is 0 Å². The quantitative estimate of drug-likeness (QED) is 0.852. The van der Waals surface area contributed by atoms with E-state index in [1.54, 1.807) is 6.92 Å². The second-order valence-electron chi connectivity index (χ2n) is 4.45. The molecule has 1 aromatic rings. The molecule has 2 N–H and O–H groups in total. The van der Waals surface area contributed by atoms with Crippen molar-refractivity contribution in [2.75, 3.05) is 11.9 Å². The number of carbonyl (C=O) groups excluding carboxylic acids is 1. The minimum absolute atomic E-state index is 0.264. The lowest BCUT2D eigenvalue weighted by molar-refractivity contribution is -0.118. The Balaban J connectivity index is 2.01. The van der Waals surface area contributed by atoms with Gasteiger partial charge in [-0.3, -0.25) is 10.1 Å². The number of aryl methyl sites for hydroxylation is 1. The Morgan fingerprint density at radius 3 is 2.78 bits per heavy atom. The minimum Gasteiger partial charge on any atom is -0.325 e. The number of rotatable bonds is 2. The average molecular weight is 258 g/mol. The molecule has 0 aromatic heterocycles. The highest BCUT2D eigenvalue weighted by molar-refractivity contribution is 5.95. The van der Waals surface area contributed by atoms with Gasteiger partial charge in [0, 0.05) is 12.1 Å². The van der Waals surface area contributed by atoms with Crippen molar-refractivity contribution in [1.82, 2.24) is 5.32 Å². The molecule has 3 nitrogen and oxygen atoms in total. The molecule has 0 bridgehead atoms. The number of carbonyl (C=O) groups is 1. The molecule has 6 heteroatoms. The number of nitrogens with one attached hydrogen (secondary N) is 2. The first kappa shape index (κ1) is 12.9. The summed E-state index contributed by atoms with van der Waals surface area (Å²) < 4.78 is 39.1. The van der Waals surface area contributed by atoms with Crippen LogP contribution in [-0.4, -0.2) is 24.4 Å². The van der Waals surface area contributed by atoms with Crippen molar-refractivity contribution in [2.45, 2.75) is 25.3 Å². The topological polar surface area (TPSA) is 41.1 Å². The SMILES string of the molecule is Cc1ccc(NC(=O)C2CC(F)(F)CN2)cc1F. The molecule has 1 atom stereocenters. The lowest BCUT2D eigenvalue weighted by Crippen LogP contribution is -2.35. The molecule has 0 radical (unpaired) electrons. The predicted molar refractivity (Wildman–Crippen MR) is 61.1 cm³/mol. The van der Waals surface area contributed by atoms with Gasteiger partial charge >= 0.3 is 0 Å². The molecule has 1 aliphatic rings. The van der Waals surface area contributed by atoms with Crippen molar-refractivity contribution in [1.29, 1.82) is 0 Å². The van der Waals surface area contributed by atoms with Gasteiger partial charge in [-0.25, -0.2) is 13.2 Å². The van der Waals surface area contributed by atoms with E-state index in [0.29, 0.717) is 5.56 Å². The van der Waals surface area contributed by atoms with E-state index >= 15 is 0 Å². The fraction of sp³-hybridized carbons (Fsp3) is 0.417. The molecule has 1 unspecified atom stereocenters. The molecule has 1 saturated heterocycles. The van der Waals surface area contributed by atoms with Crippen molar-refractivity contribution in [2.24, 2.45) is 0 Å². The fourth-order valence-corrected chi connectivity index (χ4v) is 1.80. The van der Waals surface area contributed by atoms with Crippen LogP contribution in [0.2, 0.25) is 0 Å². The Hall–Kier alpha value is -1.56. The van der Waals surface area contributed by atoms with E-state index in [9.17, 15) is 18.0 Å². The number of hydrogen-bond donors (Lipinski definition) is 2. The van der Waals surface area contributed by atoms with Crippen molar-refractivity contribution >= 4 is 11.6 Å². The van der Waals surface area contributed by atoms with Gasteiger partial charge in [0.25, 0.3) is 5.92 Å². The maximum Gasteiger partial charge on any atom is 0.262 e. The summed E-state index contributed by atoms with van der Waals surface area (Å²) in [7, 11) is 0. The van der Waals surface area contributed by atoms with Crippen LogP contribution in [0.3, 0.4) is 0 Å². The monoisotopic (exact) mass is 258 g/mol. The van der Waals surface area contributed by atoms with E-state index in [1.165, 1.54) is 18.2 Å². The van der Waals surface area contributed by atoms with Gasteiger partial charge in [-0.15, -0.1) is 0 Å². The highest BCUT2D eigenvalue weighted by atomic mass is 19.3. The van der Waals surface area contributed by atoms with E-state index < -0.39 is 36.7 Å². The summed E-state index contributed by atoms with van der Waals surface area (Å²) in [4.78, 5) is 11.7. The smallest absolute Gasteiger partial charge is 0.262 e. The molecule has 1 aromatic carbocycles. The number of benzene rings is 1. The molecule has 1 heterocycles. The van der Waals surface area contributed by atoms with Crippen LogP contribution in [0.15, 0.2) is 18.2 Å². The fourth-order valence-electron chi connectivity index (χ4n) is 1.80. The molecule has 0 aliphatic carbocycles. The Morgan fingerprint density at radius 1 is 1.50 bits per heavy atom. The number of halogens is 3. The zero-order valence-electron chi connectivity index (χ0n) is 9.77. The maximum absolute atomic E-state index is 13.2. The van der Waals surface area contributed by atoms with Crippen LogP contribution in [-0.2, 0) is 4.79 Å². The molecule has 1 fully saturated rings. The number of amides is 1. The van der Waals surface area contributed by atoms with Crippen molar-refractivity contribution in [3.63, 3.8) is 0 Å². The molecule has 2 rings (SSSR count). The number of alkyl halides is 2. The van der Waals surface area contributed by atoms with E-state index in [1.807, 2.05) is 0 Å². The van der Waals surface area contributed by atoms with Gasteiger partial charge in [0.05, 0.1) is 12.6 Å². The van der Waals surface area contributed by atoms with E-state index in [2.05, 4.69) is 10.6 Å². The third-order valence-corrected chi connectivity index (χ3v) is 2.87. The first-order valence-corrected chi connectivity index (χ1v) is 5.56. The van der Waals surface area contributed by atoms with Crippen LogP contribution in [0.4, 0.5) is 18.9 Å². The normalized spacial score (nSPS) is 21.9. The lowest BCUT2D eigenvalue weighted by atomic mass is 10.1. The highest BCUT2D eigenvalue weighted by Crippen LogP contribution is 2.25. The van der Waals surface area contributed by atoms with Gasteiger partial charge in [0.1, 0.15) is 5.82 Å². The van der Waals surface area contributed by atoms with Gasteiger partial charge in [0.15, 0.2) is 0 Å². The summed E-state index contributed by atoms with van der Waals surface area (Å²) in [6.45, 7) is 1.09. The predicted octanol–water partition coefficient (Wildman–Crippen LogP) is 2.07. The summed E-state index contributed by atoms with van der Waals surface area (Å²) in [5, 5.41) is 4.85. The molecule has 18 heavy (non-hydrogen) atoms. The molecule has 0 saturated carbocycles. The third-order valence-electron chi connectivity index (χ3n) is 2.87. The first-order chi connectivity index (χ1) is 8.37. The molecule has 0 spiro atoms. The van der Waals surface area contributed by atoms with E-state index in [-0.39, 0.29) is 5.69 Å². The molecule has 1 aliphatic heterocycles. The summed E-state index contributed by atoms with van der Waals surface area (Å²) in [5.74, 6) is -3.88. The van der Waals surface area contributed by atoms with Crippen LogP contribution in [0, 0.1) is 12.7 Å². The summed E-state index contributed by atoms with van der Waals surface area (Å²) >= 11 is 0. The second kappa shape index (κ2) is 4.61. The van der Waals surface area contributed by atoms with Gasteiger partial charge in [0.2, 0.25) is 5.91 Å². The minimum atomic E-state index is -2.86. The number of anilines is 1.